The first-order valence-corrected chi connectivity index (χ1v) is 6.18. The molecule has 0 bridgehead atoms. The molecule has 0 aromatic heterocycles. The molecule has 0 radical (unpaired) electrons. The fourth-order valence-corrected chi connectivity index (χ4v) is 2.31. The molecule has 2 aromatic carbocycles. The number of carbonyl (C=O) groups excluding carboxylic acids is 1. The topological polar surface area (TPSA) is 17.1 Å². The van der Waals surface area contributed by atoms with Gasteiger partial charge in [-0.1, -0.05) is 35.9 Å². The monoisotopic (exact) mass is 238 g/mol. The van der Waals surface area contributed by atoms with Crippen LogP contribution < -0.4 is 0 Å². The first-order chi connectivity index (χ1) is 8.49. The number of ketones is 1. The average molecular weight is 238 g/mol. The fraction of sp³-hybridized carbons (Fsp3) is 0.235. The molecule has 0 spiro atoms. The predicted molar refractivity (Wildman–Crippen MR) is 76.1 cm³/mol. The molecule has 0 amide bonds. The van der Waals surface area contributed by atoms with Gasteiger partial charge in [-0.05, 0) is 56.0 Å². The molecule has 0 atom stereocenters. The molecule has 1 heteroatoms. The van der Waals surface area contributed by atoms with Gasteiger partial charge in [-0.2, -0.15) is 0 Å². The number of benzene rings is 2. The summed E-state index contributed by atoms with van der Waals surface area (Å²) in [5, 5.41) is 0. The van der Waals surface area contributed by atoms with Gasteiger partial charge >= 0.3 is 0 Å². The summed E-state index contributed by atoms with van der Waals surface area (Å²) in [5.41, 5.74) is 6.67. The molecule has 92 valence electrons. The van der Waals surface area contributed by atoms with E-state index < -0.39 is 0 Å². The average Bonchev–Trinajstić information content (AvgIpc) is 2.30. The Balaban J connectivity index is 2.58. The first-order valence-electron chi connectivity index (χ1n) is 6.18. The van der Waals surface area contributed by atoms with Gasteiger partial charge in [0.1, 0.15) is 0 Å². The number of hydrogen-bond acceptors (Lipinski definition) is 1. The van der Waals surface area contributed by atoms with Crippen molar-refractivity contribution in [3.8, 4) is 11.1 Å². The van der Waals surface area contributed by atoms with Crippen LogP contribution in [0.1, 0.15) is 34.0 Å². The highest BCUT2D eigenvalue weighted by molar-refractivity contribution is 5.96. The van der Waals surface area contributed by atoms with Gasteiger partial charge in [-0.25, -0.2) is 0 Å². The Kier molecular flexibility index (Phi) is 3.33. The maximum atomic E-state index is 11.6. The SMILES string of the molecule is CC(=O)c1cc(-c2ccc(C)cc2C)ccc1C. The minimum absolute atomic E-state index is 0.124. The summed E-state index contributed by atoms with van der Waals surface area (Å²) >= 11 is 0. The van der Waals surface area contributed by atoms with Gasteiger partial charge in [-0.15, -0.1) is 0 Å². The zero-order valence-corrected chi connectivity index (χ0v) is 11.4. The summed E-state index contributed by atoms with van der Waals surface area (Å²) in [6.45, 7) is 7.79. The van der Waals surface area contributed by atoms with Crippen molar-refractivity contribution in [2.45, 2.75) is 27.7 Å². The Labute approximate surface area is 108 Å². The summed E-state index contributed by atoms with van der Waals surface area (Å²) < 4.78 is 0. The van der Waals surface area contributed by atoms with E-state index in [-0.39, 0.29) is 5.78 Å². The van der Waals surface area contributed by atoms with Gasteiger partial charge < -0.3 is 0 Å². The molecule has 0 N–H and O–H groups in total. The number of rotatable bonds is 2. The highest BCUT2D eigenvalue weighted by Gasteiger charge is 2.08. The van der Waals surface area contributed by atoms with Gasteiger partial charge in [0.15, 0.2) is 5.78 Å². The fourth-order valence-electron chi connectivity index (χ4n) is 2.31. The maximum absolute atomic E-state index is 11.6. The van der Waals surface area contributed by atoms with E-state index in [1.54, 1.807) is 6.92 Å². The molecule has 0 aliphatic carbocycles. The number of hydrogen-bond donors (Lipinski definition) is 0. The normalized spacial score (nSPS) is 10.4. The summed E-state index contributed by atoms with van der Waals surface area (Å²) in [4.78, 5) is 11.6. The molecule has 0 saturated carbocycles. The number of aryl methyl sites for hydroxylation is 3. The van der Waals surface area contributed by atoms with Crippen molar-refractivity contribution >= 4 is 5.78 Å². The van der Waals surface area contributed by atoms with Crippen LogP contribution >= 0.6 is 0 Å². The summed E-state index contributed by atoms with van der Waals surface area (Å²) in [5.74, 6) is 0.124. The quantitative estimate of drug-likeness (QED) is 0.705. The molecule has 0 heterocycles. The zero-order valence-electron chi connectivity index (χ0n) is 11.4. The van der Waals surface area contributed by atoms with Crippen LogP contribution in [0.5, 0.6) is 0 Å². The second-order valence-corrected chi connectivity index (χ2v) is 4.90. The Morgan fingerprint density at radius 1 is 0.889 bits per heavy atom. The van der Waals surface area contributed by atoms with Crippen molar-refractivity contribution < 1.29 is 4.79 Å². The number of Topliss-reactive ketones (excluding diaryl/α,β-unsaturated/α-hetero) is 1. The van der Waals surface area contributed by atoms with Crippen LogP contribution in [0.25, 0.3) is 11.1 Å². The predicted octanol–water partition coefficient (Wildman–Crippen LogP) is 4.48. The van der Waals surface area contributed by atoms with Crippen LogP contribution in [-0.4, -0.2) is 5.78 Å². The van der Waals surface area contributed by atoms with Crippen LogP contribution in [0.3, 0.4) is 0 Å². The summed E-state index contributed by atoms with van der Waals surface area (Å²) in [7, 11) is 0. The molecule has 0 aliphatic heterocycles. The largest absolute Gasteiger partial charge is 0.295 e. The third kappa shape index (κ3) is 2.35. The lowest BCUT2D eigenvalue weighted by Gasteiger charge is -2.10. The standard InChI is InChI=1S/C17H18O/c1-11-5-8-16(13(3)9-11)15-7-6-12(2)17(10-15)14(4)18/h5-10H,1-4H3. The molecular weight excluding hydrogens is 220 g/mol. The van der Waals surface area contributed by atoms with Gasteiger partial charge in [-0.3, -0.25) is 4.79 Å². The van der Waals surface area contributed by atoms with Crippen molar-refractivity contribution in [2.24, 2.45) is 0 Å². The third-order valence-electron chi connectivity index (χ3n) is 3.31. The molecule has 2 aromatic rings. The zero-order chi connectivity index (χ0) is 13.3. The smallest absolute Gasteiger partial charge is 0.160 e. The van der Waals surface area contributed by atoms with E-state index in [1.807, 2.05) is 19.1 Å². The lowest BCUT2D eigenvalue weighted by atomic mass is 9.94. The van der Waals surface area contributed by atoms with Crippen LogP contribution in [0.15, 0.2) is 36.4 Å². The maximum Gasteiger partial charge on any atom is 0.160 e. The summed E-state index contributed by atoms with van der Waals surface area (Å²) in [6.07, 6.45) is 0. The van der Waals surface area contributed by atoms with E-state index in [9.17, 15) is 4.79 Å². The highest BCUT2D eigenvalue weighted by Crippen LogP contribution is 2.26. The van der Waals surface area contributed by atoms with Gasteiger partial charge in [0, 0.05) is 5.56 Å². The van der Waals surface area contributed by atoms with Crippen LogP contribution in [0, 0.1) is 20.8 Å². The van der Waals surface area contributed by atoms with Crippen molar-refractivity contribution in [3.63, 3.8) is 0 Å². The van der Waals surface area contributed by atoms with E-state index in [2.05, 4.69) is 38.1 Å². The molecule has 0 unspecified atom stereocenters. The lowest BCUT2D eigenvalue weighted by molar-refractivity contribution is 0.101. The Morgan fingerprint density at radius 2 is 1.61 bits per heavy atom. The van der Waals surface area contributed by atoms with E-state index in [0.29, 0.717) is 0 Å². The minimum atomic E-state index is 0.124. The van der Waals surface area contributed by atoms with Crippen LogP contribution in [0.2, 0.25) is 0 Å². The molecule has 2 rings (SSSR count). The second-order valence-electron chi connectivity index (χ2n) is 4.90. The lowest BCUT2D eigenvalue weighted by Crippen LogP contribution is -1.97. The van der Waals surface area contributed by atoms with E-state index >= 15 is 0 Å². The van der Waals surface area contributed by atoms with Crippen LogP contribution in [-0.2, 0) is 0 Å². The van der Waals surface area contributed by atoms with E-state index in [0.717, 1.165) is 16.7 Å². The minimum Gasteiger partial charge on any atom is -0.295 e. The molecule has 0 fully saturated rings. The second kappa shape index (κ2) is 4.77. The molecule has 1 nitrogen and oxygen atoms in total. The Hall–Kier alpha value is -1.89. The Morgan fingerprint density at radius 3 is 2.22 bits per heavy atom. The molecule has 0 aliphatic rings. The summed E-state index contributed by atoms with van der Waals surface area (Å²) in [6, 6.07) is 12.5. The highest BCUT2D eigenvalue weighted by atomic mass is 16.1. The van der Waals surface area contributed by atoms with Crippen LogP contribution in [0.4, 0.5) is 0 Å². The van der Waals surface area contributed by atoms with Crippen molar-refractivity contribution in [3.05, 3.63) is 58.7 Å². The first kappa shape index (κ1) is 12.6. The van der Waals surface area contributed by atoms with Gasteiger partial charge in [0.2, 0.25) is 0 Å². The third-order valence-corrected chi connectivity index (χ3v) is 3.31. The van der Waals surface area contributed by atoms with Gasteiger partial charge in [0.25, 0.3) is 0 Å². The van der Waals surface area contributed by atoms with Crippen molar-refractivity contribution in [2.75, 3.05) is 0 Å². The Bertz CT molecular complexity index is 609. The van der Waals surface area contributed by atoms with Crippen molar-refractivity contribution in [1.82, 2.24) is 0 Å². The molecule has 18 heavy (non-hydrogen) atoms. The molecular formula is C17H18O. The van der Waals surface area contributed by atoms with Crippen molar-refractivity contribution in [1.29, 1.82) is 0 Å². The molecule has 0 saturated heterocycles. The number of carbonyl (C=O) groups is 1. The van der Waals surface area contributed by atoms with E-state index in [4.69, 9.17) is 0 Å². The van der Waals surface area contributed by atoms with Gasteiger partial charge in [0.05, 0.1) is 0 Å². The van der Waals surface area contributed by atoms with E-state index in [1.165, 1.54) is 16.7 Å².